The van der Waals surface area contributed by atoms with Gasteiger partial charge >= 0.3 is 0 Å². The molecule has 0 atom stereocenters. The molecule has 1 aromatic carbocycles. The van der Waals surface area contributed by atoms with E-state index in [1.54, 1.807) is 6.92 Å². The molecule has 0 saturated carbocycles. The molecule has 2 rings (SSSR count). The molecule has 0 radical (unpaired) electrons. The SMILES string of the molecule is Cc1cc(F)cc(S(=O)(=O)N2CC(N(C)C)C2)c1. The predicted octanol–water partition coefficient (Wildman–Crippen LogP) is 1.07. The molecule has 1 aliphatic rings. The minimum atomic E-state index is -3.55. The topological polar surface area (TPSA) is 40.6 Å². The number of likely N-dealkylation sites (N-methyl/N-ethyl adjacent to an activating group) is 1. The van der Waals surface area contributed by atoms with Crippen molar-refractivity contribution in [2.24, 2.45) is 0 Å². The molecule has 18 heavy (non-hydrogen) atoms. The highest BCUT2D eigenvalue weighted by Gasteiger charge is 2.37. The predicted molar refractivity (Wildman–Crippen MR) is 67.4 cm³/mol. The van der Waals surface area contributed by atoms with Crippen LogP contribution in [-0.2, 0) is 10.0 Å². The summed E-state index contributed by atoms with van der Waals surface area (Å²) >= 11 is 0. The van der Waals surface area contributed by atoms with Gasteiger partial charge in [0.1, 0.15) is 5.82 Å². The minimum absolute atomic E-state index is 0.0391. The van der Waals surface area contributed by atoms with Crippen LogP contribution in [-0.4, -0.2) is 50.8 Å². The van der Waals surface area contributed by atoms with E-state index in [4.69, 9.17) is 0 Å². The summed E-state index contributed by atoms with van der Waals surface area (Å²) in [6.07, 6.45) is 0. The first-order chi connectivity index (χ1) is 8.30. The number of nitrogens with zero attached hydrogens (tertiary/aromatic N) is 2. The molecule has 0 aromatic heterocycles. The number of hydrogen-bond acceptors (Lipinski definition) is 3. The molecule has 0 unspecified atom stereocenters. The zero-order valence-electron chi connectivity index (χ0n) is 10.7. The monoisotopic (exact) mass is 272 g/mol. The van der Waals surface area contributed by atoms with Gasteiger partial charge in [-0.2, -0.15) is 4.31 Å². The van der Waals surface area contributed by atoms with Gasteiger partial charge in [-0.25, -0.2) is 12.8 Å². The van der Waals surface area contributed by atoms with Crippen LogP contribution in [0, 0.1) is 12.7 Å². The van der Waals surface area contributed by atoms with Crippen LogP contribution in [0.25, 0.3) is 0 Å². The van der Waals surface area contributed by atoms with Gasteiger partial charge in [0.25, 0.3) is 0 Å². The lowest BCUT2D eigenvalue weighted by molar-refractivity contribution is 0.134. The van der Waals surface area contributed by atoms with Crippen molar-refractivity contribution < 1.29 is 12.8 Å². The van der Waals surface area contributed by atoms with Crippen molar-refractivity contribution in [1.82, 2.24) is 9.21 Å². The van der Waals surface area contributed by atoms with E-state index in [1.807, 2.05) is 19.0 Å². The highest BCUT2D eigenvalue weighted by atomic mass is 32.2. The molecule has 0 bridgehead atoms. The van der Waals surface area contributed by atoms with Crippen LogP contribution < -0.4 is 0 Å². The van der Waals surface area contributed by atoms with Gasteiger partial charge in [0.2, 0.25) is 10.0 Å². The fraction of sp³-hybridized carbons (Fsp3) is 0.500. The van der Waals surface area contributed by atoms with E-state index in [2.05, 4.69) is 0 Å². The Kier molecular flexibility index (Phi) is 3.44. The molecule has 0 N–H and O–H groups in total. The van der Waals surface area contributed by atoms with Gasteiger partial charge in [0, 0.05) is 19.1 Å². The molecular weight excluding hydrogens is 255 g/mol. The number of hydrogen-bond donors (Lipinski definition) is 0. The Morgan fingerprint density at radius 2 is 1.89 bits per heavy atom. The maximum Gasteiger partial charge on any atom is 0.243 e. The van der Waals surface area contributed by atoms with Crippen molar-refractivity contribution in [1.29, 1.82) is 0 Å². The van der Waals surface area contributed by atoms with E-state index in [1.165, 1.54) is 16.4 Å². The lowest BCUT2D eigenvalue weighted by atomic mass is 10.2. The first-order valence-electron chi connectivity index (χ1n) is 5.74. The van der Waals surface area contributed by atoms with Crippen molar-refractivity contribution >= 4 is 10.0 Å². The fourth-order valence-corrected chi connectivity index (χ4v) is 3.57. The van der Waals surface area contributed by atoms with Gasteiger partial charge in [-0.15, -0.1) is 0 Å². The number of sulfonamides is 1. The standard InChI is InChI=1S/C12H17FN2O2S/c1-9-4-10(13)6-12(5-9)18(16,17)15-7-11(8-15)14(2)3/h4-6,11H,7-8H2,1-3H3. The van der Waals surface area contributed by atoms with Crippen molar-refractivity contribution in [3.05, 3.63) is 29.6 Å². The van der Waals surface area contributed by atoms with Gasteiger partial charge in [0.15, 0.2) is 0 Å². The summed E-state index contributed by atoms with van der Waals surface area (Å²) in [7, 11) is 0.288. The van der Waals surface area contributed by atoms with Gasteiger partial charge in [-0.3, -0.25) is 0 Å². The van der Waals surface area contributed by atoms with Crippen molar-refractivity contribution in [3.8, 4) is 0 Å². The molecule has 1 saturated heterocycles. The Morgan fingerprint density at radius 3 is 2.39 bits per heavy atom. The number of rotatable bonds is 3. The maximum atomic E-state index is 13.3. The second-order valence-corrected chi connectivity index (χ2v) is 6.84. The lowest BCUT2D eigenvalue weighted by Gasteiger charge is -2.41. The molecule has 4 nitrogen and oxygen atoms in total. The first-order valence-corrected chi connectivity index (χ1v) is 7.18. The summed E-state index contributed by atoms with van der Waals surface area (Å²) in [6.45, 7) is 2.61. The third-order valence-corrected chi connectivity index (χ3v) is 5.02. The molecular formula is C12H17FN2O2S. The van der Waals surface area contributed by atoms with E-state index in [9.17, 15) is 12.8 Å². The fourth-order valence-electron chi connectivity index (χ4n) is 1.94. The highest BCUT2D eigenvalue weighted by molar-refractivity contribution is 7.89. The zero-order chi connectivity index (χ0) is 13.5. The van der Waals surface area contributed by atoms with Gasteiger partial charge < -0.3 is 4.90 Å². The summed E-state index contributed by atoms with van der Waals surface area (Å²) in [4.78, 5) is 2.03. The van der Waals surface area contributed by atoms with Crippen molar-refractivity contribution in [3.63, 3.8) is 0 Å². The van der Waals surface area contributed by atoms with E-state index in [0.717, 1.165) is 6.07 Å². The van der Waals surface area contributed by atoms with Crippen LogP contribution >= 0.6 is 0 Å². The first kappa shape index (κ1) is 13.5. The van der Waals surface area contributed by atoms with Gasteiger partial charge in [0.05, 0.1) is 4.90 Å². The molecule has 6 heteroatoms. The quantitative estimate of drug-likeness (QED) is 0.826. The Balaban J connectivity index is 2.22. The smallest absolute Gasteiger partial charge is 0.243 e. The lowest BCUT2D eigenvalue weighted by Crippen LogP contribution is -2.59. The van der Waals surface area contributed by atoms with E-state index in [0.29, 0.717) is 18.7 Å². The number of halogens is 1. The summed E-state index contributed by atoms with van der Waals surface area (Å²) in [6, 6.07) is 4.14. The average molecular weight is 272 g/mol. The maximum absolute atomic E-state index is 13.3. The minimum Gasteiger partial charge on any atom is -0.304 e. The van der Waals surface area contributed by atoms with Crippen LogP contribution in [0.5, 0.6) is 0 Å². The third-order valence-electron chi connectivity index (χ3n) is 3.21. The largest absolute Gasteiger partial charge is 0.304 e. The number of aryl methyl sites for hydroxylation is 1. The third kappa shape index (κ3) is 2.41. The van der Waals surface area contributed by atoms with Crippen molar-refractivity contribution in [2.45, 2.75) is 17.9 Å². The second-order valence-electron chi connectivity index (χ2n) is 4.90. The zero-order valence-corrected chi connectivity index (χ0v) is 11.5. The summed E-state index contributed by atoms with van der Waals surface area (Å²) in [5.74, 6) is -0.516. The molecule has 0 spiro atoms. The Morgan fingerprint density at radius 1 is 1.28 bits per heavy atom. The summed E-state index contributed by atoms with van der Waals surface area (Å²) < 4.78 is 39.1. The Hall–Kier alpha value is -0.980. The molecule has 100 valence electrons. The Labute approximate surface area is 107 Å². The van der Waals surface area contributed by atoms with E-state index < -0.39 is 15.8 Å². The van der Waals surface area contributed by atoms with Crippen LogP contribution in [0.4, 0.5) is 4.39 Å². The Bertz CT molecular complexity index is 531. The molecule has 0 aliphatic carbocycles. The molecule has 1 heterocycles. The van der Waals surface area contributed by atoms with Gasteiger partial charge in [-0.05, 0) is 44.8 Å². The molecule has 1 aliphatic heterocycles. The second kappa shape index (κ2) is 4.60. The van der Waals surface area contributed by atoms with Crippen LogP contribution in [0.1, 0.15) is 5.56 Å². The molecule has 1 aromatic rings. The number of benzene rings is 1. The van der Waals surface area contributed by atoms with Gasteiger partial charge in [-0.1, -0.05) is 0 Å². The van der Waals surface area contributed by atoms with Crippen LogP contribution in [0.3, 0.4) is 0 Å². The molecule has 0 amide bonds. The normalized spacial score (nSPS) is 18.1. The highest BCUT2D eigenvalue weighted by Crippen LogP contribution is 2.24. The van der Waals surface area contributed by atoms with E-state index in [-0.39, 0.29) is 10.9 Å². The summed E-state index contributed by atoms with van der Waals surface area (Å²) in [5.41, 5.74) is 0.609. The van der Waals surface area contributed by atoms with Crippen molar-refractivity contribution in [2.75, 3.05) is 27.2 Å². The van der Waals surface area contributed by atoms with E-state index >= 15 is 0 Å². The summed E-state index contributed by atoms with van der Waals surface area (Å²) in [5, 5.41) is 0. The van der Waals surface area contributed by atoms with Crippen LogP contribution in [0.15, 0.2) is 23.1 Å². The van der Waals surface area contributed by atoms with Crippen LogP contribution in [0.2, 0.25) is 0 Å². The molecule has 1 fully saturated rings. The average Bonchev–Trinajstić information content (AvgIpc) is 2.11.